The van der Waals surface area contributed by atoms with Crippen LogP contribution in [0.1, 0.15) is 38.9 Å². The van der Waals surface area contributed by atoms with Crippen LogP contribution in [0.25, 0.3) is 67.4 Å². The maximum atomic E-state index is 10.6. The first kappa shape index (κ1) is 44.8. The molecule has 0 heterocycles. The van der Waals surface area contributed by atoms with Gasteiger partial charge in [-0.3, -0.25) is 0 Å². The summed E-state index contributed by atoms with van der Waals surface area (Å²) in [4.78, 5) is 4.51. The molecule has 6 heteroatoms. The highest BCUT2D eigenvalue weighted by atomic mass is 16.5. The van der Waals surface area contributed by atoms with Crippen molar-refractivity contribution in [1.82, 2.24) is 0 Å². The van der Waals surface area contributed by atoms with Gasteiger partial charge < -0.3 is 19.6 Å². The van der Waals surface area contributed by atoms with Gasteiger partial charge in [-0.15, -0.1) is 0 Å². The van der Waals surface area contributed by atoms with E-state index in [2.05, 4.69) is 186 Å². The molecule has 0 unspecified atom stereocenters. The lowest BCUT2D eigenvalue weighted by molar-refractivity contribution is 0.282. The Labute approximate surface area is 418 Å². The smallest absolute Gasteiger partial charge is 0.119 e. The number of rotatable bonds is 12. The molecular formula is C66H46N4O2. The normalized spacial score (nSPS) is 11.4. The average molecular weight is 927 g/mol. The Morgan fingerprint density at radius 2 is 0.778 bits per heavy atom. The molecule has 0 saturated heterocycles. The highest BCUT2D eigenvalue weighted by molar-refractivity contribution is 6.10. The van der Waals surface area contributed by atoms with Gasteiger partial charge in [0.15, 0.2) is 0 Å². The van der Waals surface area contributed by atoms with Crippen molar-refractivity contribution in [1.29, 1.82) is 10.5 Å². The van der Waals surface area contributed by atoms with Crippen molar-refractivity contribution in [3.8, 4) is 17.9 Å². The fraction of sp³-hybridized carbons (Fsp3) is 0.0303. The van der Waals surface area contributed by atoms with E-state index in [9.17, 15) is 15.6 Å². The summed E-state index contributed by atoms with van der Waals surface area (Å²) >= 11 is 0. The van der Waals surface area contributed by atoms with Gasteiger partial charge in [0.2, 0.25) is 0 Å². The third kappa shape index (κ3) is 8.67. The minimum atomic E-state index is -0.0147. The Kier molecular flexibility index (Phi) is 12.3. The lowest BCUT2D eigenvalue weighted by atomic mass is 9.90. The van der Waals surface area contributed by atoms with Crippen LogP contribution in [0.4, 0.5) is 34.1 Å². The zero-order valence-corrected chi connectivity index (χ0v) is 39.4. The summed E-state index contributed by atoms with van der Waals surface area (Å²) in [5.41, 5.74) is 12.0. The minimum absolute atomic E-state index is 0.0147. The number of fused-ring (bicyclic) bond motifs is 4. The van der Waals surface area contributed by atoms with Crippen LogP contribution in [0.3, 0.4) is 0 Å². The number of ether oxygens (including phenoxy) is 1. The van der Waals surface area contributed by atoms with Crippen LogP contribution in [0.2, 0.25) is 0 Å². The molecule has 342 valence electrons. The van der Waals surface area contributed by atoms with Gasteiger partial charge in [-0.25, -0.2) is 0 Å². The predicted molar refractivity (Wildman–Crippen MR) is 298 cm³/mol. The first-order valence-corrected chi connectivity index (χ1v) is 23.8. The number of nitrogens with zero attached hydrogens (tertiary/aromatic N) is 4. The van der Waals surface area contributed by atoms with E-state index >= 15 is 0 Å². The van der Waals surface area contributed by atoms with E-state index < -0.39 is 0 Å². The molecule has 0 atom stereocenters. The highest BCUT2D eigenvalue weighted by Crippen LogP contribution is 2.42. The molecule has 6 nitrogen and oxygen atoms in total. The predicted octanol–water partition coefficient (Wildman–Crippen LogP) is 16.8. The van der Waals surface area contributed by atoms with Crippen molar-refractivity contribution in [2.24, 2.45) is 0 Å². The zero-order valence-electron chi connectivity index (χ0n) is 39.4. The number of hydrogen-bond acceptors (Lipinski definition) is 6. The molecule has 0 radical (unpaired) electrons. The van der Waals surface area contributed by atoms with Crippen molar-refractivity contribution in [3.63, 3.8) is 0 Å². The molecule has 0 aliphatic heterocycles. The van der Waals surface area contributed by atoms with Crippen LogP contribution in [0.15, 0.2) is 218 Å². The van der Waals surface area contributed by atoms with Crippen LogP contribution in [-0.4, -0.2) is 12.2 Å². The summed E-state index contributed by atoms with van der Waals surface area (Å²) in [6, 6.07) is 79.4. The van der Waals surface area contributed by atoms with Gasteiger partial charge in [0.25, 0.3) is 0 Å². The molecule has 0 aromatic heterocycles. The van der Waals surface area contributed by atoms with Gasteiger partial charge in [-0.2, -0.15) is 10.5 Å². The Morgan fingerprint density at radius 1 is 0.403 bits per heavy atom. The first-order valence-electron chi connectivity index (χ1n) is 23.8. The molecule has 0 amide bonds. The van der Waals surface area contributed by atoms with Crippen LogP contribution >= 0.6 is 0 Å². The number of hydrogen-bond donors (Lipinski definition) is 1. The largest absolute Gasteiger partial charge is 0.497 e. The van der Waals surface area contributed by atoms with Gasteiger partial charge in [0, 0.05) is 55.1 Å². The summed E-state index contributed by atoms with van der Waals surface area (Å²) < 4.78 is 5.47. The fourth-order valence-corrected chi connectivity index (χ4v) is 9.71. The summed E-state index contributed by atoms with van der Waals surface area (Å²) in [5.74, 6) is 0.798. The second-order valence-corrected chi connectivity index (χ2v) is 17.6. The van der Waals surface area contributed by atoms with Gasteiger partial charge in [-0.1, -0.05) is 158 Å². The monoisotopic (exact) mass is 926 g/mol. The maximum Gasteiger partial charge on any atom is 0.119 e. The second kappa shape index (κ2) is 19.7. The van der Waals surface area contributed by atoms with E-state index in [1.54, 1.807) is 7.11 Å². The van der Waals surface area contributed by atoms with E-state index in [1.807, 2.05) is 78.9 Å². The average Bonchev–Trinajstić information content (AvgIpc) is 3.44. The summed E-state index contributed by atoms with van der Waals surface area (Å²) in [7, 11) is 1.68. The molecule has 0 saturated carbocycles. The molecule has 0 bridgehead atoms. The van der Waals surface area contributed by atoms with Crippen molar-refractivity contribution < 1.29 is 9.84 Å². The Hall–Kier alpha value is -9.72. The summed E-state index contributed by atoms with van der Waals surface area (Å²) in [5, 5.41) is 38.6. The Bertz CT molecular complexity index is 3690. The van der Waals surface area contributed by atoms with Gasteiger partial charge >= 0.3 is 0 Å². The SMILES string of the molecule is COc1ccc(N(c2ccc(C=Cc3ccc4c(C#N)c5cc(C=Cc6ccc(N(c7ccc(CO)cc7)c7cccc8ccccc78)cc6)ccc5c(C#N)c4c3)cc2)c2cccc3ccccc23)cc1. The lowest BCUT2D eigenvalue weighted by Gasteiger charge is -2.27. The van der Waals surface area contributed by atoms with E-state index in [0.29, 0.717) is 11.1 Å². The van der Waals surface area contributed by atoms with E-state index in [0.717, 1.165) is 105 Å². The Morgan fingerprint density at radius 3 is 1.19 bits per heavy atom. The molecule has 0 fully saturated rings. The van der Waals surface area contributed by atoms with E-state index in [1.165, 1.54) is 5.39 Å². The van der Waals surface area contributed by atoms with Gasteiger partial charge in [0.05, 0.1) is 36.2 Å². The topological polar surface area (TPSA) is 83.5 Å². The molecule has 0 aliphatic carbocycles. The van der Waals surface area contributed by atoms with Crippen LogP contribution in [-0.2, 0) is 6.61 Å². The summed E-state index contributed by atoms with van der Waals surface area (Å²) in [6.45, 7) is -0.0147. The third-order valence-electron chi connectivity index (χ3n) is 13.4. The van der Waals surface area contributed by atoms with Crippen molar-refractivity contribution in [2.45, 2.75) is 6.61 Å². The molecule has 11 rings (SSSR count). The van der Waals surface area contributed by atoms with E-state index in [4.69, 9.17) is 4.74 Å². The third-order valence-corrected chi connectivity index (χ3v) is 13.4. The van der Waals surface area contributed by atoms with Crippen molar-refractivity contribution in [2.75, 3.05) is 16.9 Å². The van der Waals surface area contributed by atoms with Crippen LogP contribution < -0.4 is 14.5 Å². The lowest BCUT2D eigenvalue weighted by Crippen LogP contribution is -2.10. The number of nitriles is 2. The molecule has 72 heavy (non-hydrogen) atoms. The highest BCUT2D eigenvalue weighted by Gasteiger charge is 2.18. The molecule has 11 aromatic carbocycles. The molecule has 1 N–H and O–H groups in total. The minimum Gasteiger partial charge on any atom is -0.497 e. The number of benzene rings is 11. The van der Waals surface area contributed by atoms with Crippen molar-refractivity contribution >= 4 is 102 Å². The number of aliphatic hydroxyl groups excluding tert-OH is 1. The van der Waals surface area contributed by atoms with Gasteiger partial charge in [0.1, 0.15) is 17.9 Å². The molecular weight excluding hydrogens is 881 g/mol. The maximum absolute atomic E-state index is 10.6. The number of anilines is 6. The zero-order chi connectivity index (χ0) is 49.0. The molecule has 0 aliphatic rings. The van der Waals surface area contributed by atoms with E-state index in [-0.39, 0.29) is 6.61 Å². The number of aliphatic hydroxyl groups is 1. The first-order chi connectivity index (χ1) is 35.5. The Balaban J connectivity index is 0.864. The standard InChI is InChI=1S/C66H46N4O2/c1-72-56-36-34-55(35-37-56)70(66-15-7-11-51-9-3-5-13-58(51)66)53-30-22-46(23-31-53)17-19-48-27-39-60-62(41-48)64(43-68)59-38-26-47(40-61(59)63(60)42-67)18-16-45-20-28-52(29-21-45)69(54-32-24-49(44-71)25-33-54)65-14-6-10-50-8-2-4-12-57(50)65/h2-41,71H,44H2,1H3. The number of methoxy groups -OCH3 is 1. The van der Waals surface area contributed by atoms with Crippen LogP contribution in [0, 0.1) is 22.7 Å². The van der Waals surface area contributed by atoms with Crippen molar-refractivity contribution in [3.05, 3.63) is 257 Å². The molecule has 0 spiro atoms. The second-order valence-electron chi connectivity index (χ2n) is 17.6. The quantitative estimate of drug-likeness (QED) is 0.0971. The summed E-state index contributed by atoms with van der Waals surface area (Å²) in [6.07, 6.45) is 8.23. The molecule has 11 aromatic rings. The van der Waals surface area contributed by atoms with Gasteiger partial charge in [-0.05, 0) is 124 Å². The van der Waals surface area contributed by atoms with Crippen LogP contribution in [0.5, 0.6) is 5.75 Å². The fourth-order valence-electron chi connectivity index (χ4n) is 9.71.